The Balaban J connectivity index is 1.69. The zero-order valence-corrected chi connectivity index (χ0v) is 21.8. The molecule has 4 nitrogen and oxygen atoms in total. The third-order valence-electron chi connectivity index (χ3n) is 5.69. The van der Waals surface area contributed by atoms with Crippen LogP contribution in [0.1, 0.15) is 46.0 Å². The summed E-state index contributed by atoms with van der Waals surface area (Å²) in [4.78, 5) is 3.66. The van der Waals surface area contributed by atoms with E-state index >= 15 is 0 Å². The van der Waals surface area contributed by atoms with Crippen LogP contribution in [-0.2, 0) is 6.54 Å². The first-order chi connectivity index (χ1) is 16.1. The van der Waals surface area contributed by atoms with Crippen LogP contribution < -0.4 is 18.9 Å². The van der Waals surface area contributed by atoms with Gasteiger partial charge in [0.05, 0.1) is 23.9 Å². The summed E-state index contributed by atoms with van der Waals surface area (Å²) in [5.41, 5.74) is 3.86. The van der Waals surface area contributed by atoms with E-state index in [1.807, 2.05) is 36.9 Å². The van der Waals surface area contributed by atoms with E-state index < -0.39 is 0 Å². The highest BCUT2D eigenvalue weighted by Crippen LogP contribution is 2.47. The van der Waals surface area contributed by atoms with E-state index in [9.17, 15) is 0 Å². The van der Waals surface area contributed by atoms with Crippen molar-refractivity contribution in [1.29, 1.82) is 0 Å². The zero-order valence-electron chi connectivity index (χ0n) is 20.2. The molecule has 0 fully saturated rings. The number of thioether (sulfide) groups is 1. The second kappa shape index (κ2) is 10.7. The largest absolute Gasteiger partial charge is 0.494 e. The fourth-order valence-electron chi connectivity index (χ4n) is 4.11. The highest BCUT2D eigenvalue weighted by Gasteiger charge is 2.25. The van der Waals surface area contributed by atoms with Gasteiger partial charge in [0.25, 0.3) is 5.01 Å². The third kappa shape index (κ3) is 4.92. The molecule has 0 spiro atoms. The molecule has 0 bridgehead atoms. The molecule has 1 aliphatic heterocycles. The lowest BCUT2D eigenvalue weighted by molar-refractivity contribution is -0.665. The quantitative estimate of drug-likeness (QED) is 0.300. The van der Waals surface area contributed by atoms with Crippen molar-refractivity contribution >= 4 is 45.1 Å². The molecular formula is C27H33N2O2S2+. The molecular weight excluding hydrogens is 448 g/mol. The van der Waals surface area contributed by atoms with Gasteiger partial charge in [0.15, 0.2) is 0 Å². The van der Waals surface area contributed by atoms with Gasteiger partial charge in [-0.05, 0) is 70.0 Å². The highest BCUT2D eigenvalue weighted by atomic mass is 32.2. The average molecular weight is 482 g/mol. The predicted molar refractivity (Wildman–Crippen MR) is 142 cm³/mol. The van der Waals surface area contributed by atoms with Crippen LogP contribution in [0.15, 0.2) is 58.0 Å². The topological polar surface area (TPSA) is 25.6 Å². The van der Waals surface area contributed by atoms with E-state index in [1.165, 1.54) is 36.4 Å². The van der Waals surface area contributed by atoms with Crippen LogP contribution in [-0.4, -0.2) is 19.8 Å². The average Bonchev–Trinajstić information content (AvgIpc) is 3.34. The maximum atomic E-state index is 5.72. The lowest BCUT2D eigenvalue weighted by Gasteiger charge is -2.18. The second-order valence-corrected chi connectivity index (χ2v) is 9.84. The summed E-state index contributed by atoms with van der Waals surface area (Å²) in [5.74, 6) is 1.88. The van der Waals surface area contributed by atoms with Crippen molar-refractivity contribution in [1.82, 2.24) is 0 Å². The number of aryl methyl sites for hydroxylation is 1. The van der Waals surface area contributed by atoms with Gasteiger partial charge in [0.2, 0.25) is 5.52 Å². The number of benzene rings is 2. The van der Waals surface area contributed by atoms with Crippen LogP contribution >= 0.6 is 23.1 Å². The molecule has 3 aromatic rings. The van der Waals surface area contributed by atoms with Gasteiger partial charge in [-0.3, -0.25) is 0 Å². The van der Waals surface area contributed by atoms with Crippen molar-refractivity contribution in [3.05, 3.63) is 58.1 Å². The van der Waals surface area contributed by atoms with Gasteiger partial charge in [-0.15, -0.1) is 0 Å². The molecule has 0 unspecified atom stereocenters. The van der Waals surface area contributed by atoms with Crippen LogP contribution in [0, 0.1) is 0 Å². The van der Waals surface area contributed by atoms with Gasteiger partial charge in [-0.25, -0.2) is 0 Å². The van der Waals surface area contributed by atoms with Gasteiger partial charge >= 0.3 is 0 Å². The minimum atomic E-state index is 0.686. The van der Waals surface area contributed by atoms with Gasteiger partial charge in [0, 0.05) is 29.6 Å². The zero-order chi connectivity index (χ0) is 23.4. The number of ether oxygens (including phenoxy) is 2. The molecule has 0 amide bonds. The number of thiazole rings is 1. The summed E-state index contributed by atoms with van der Waals surface area (Å²) in [6.45, 7) is 14.0. The number of rotatable bonds is 9. The molecule has 0 radical (unpaired) electrons. The summed E-state index contributed by atoms with van der Waals surface area (Å²) in [6.07, 6.45) is 5.68. The fourth-order valence-corrected chi connectivity index (χ4v) is 6.58. The lowest BCUT2D eigenvalue weighted by atomic mass is 10.2. The van der Waals surface area contributed by atoms with Crippen LogP contribution in [0.25, 0.3) is 16.3 Å². The van der Waals surface area contributed by atoms with Crippen molar-refractivity contribution in [2.24, 2.45) is 0 Å². The summed E-state index contributed by atoms with van der Waals surface area (Å²) in [7, 11) is 0. The molecule has 1 aromatic heterocycles. The highest BCUT2D eigenvalue weighted by molar-refractivity contribution is 8.03. The first kappa shape index (κ1) is 23.7. The van der Waals surface area contributed by atoms with Crippen LogP contribution in [0.2, 0.25) is 0 Å². The summed E-state index contributed by atoms with van der Waals surface area (Å²) in [5, 5.41) is 2.55. The molecule has 1 aliphatic rings. The molecule has 0 atom stereocenters. The number of allylic oxidation sites excluding steroid dienone is 2. The monoisotopic (exact) mass is 481 g/mol. The molecule has 33 heavy (non-hydrogen) atoms. The molecule has 2 aromatic carbocycles. The Morgan fingerprint density at radius 3 is 2.36 bits per heavy atom. The molecule has 0 aliphatic carbocycles. The second-order valence-electron chi connectivity index (χ2n) is 7.71. The number of nitrogens with zero attached hydrogens (tertiary/aromatic N) is 2. The van der Waals surface area contributed by atoms with Crippen molar-refractivity contribution in [2.75, 3.05) is 24.7 Å². The minimum Gasteiger partial charge on any atom is -0.494 e. The molecule has 2 heterocycles. The SMILES string of the molecule is CCOc1ccc2c(c1)S/C(=C/C(=C/c1sc3cc(OCC)ccc3[n+]1CC)CC)N2CC. The Hall–Kier alpha value is -2.44. The number of anilines is 1. The Morgan fingerprint density at radius 2 is 1.70 bits per heavy atom. The Kier molecular flexibility index (Phi) is 7.66. The van der Waals surface area contributed by atoms with Crippen molar-refractivity contribution in [3.63, 3.8) is 0 Å². The van der Waals surface area contributed by atoms with E-state index in [1.54, 1.807) is 0 Å². The summed E-state index contributed by atoms with van der Waals surface area (Å²) < 4.78 is 15.1. The van der Waals surface area contributed by atoms with Crippen LogP contribution in [0.5, 0.6) is 11.5 Å². The van der Waals surface area contributed by atoms with Crippen molar-refractivity contribution in [3.8, 4) is 11.5 Å². The van der Waals surface area contributed by atoms with Gasteiger partial charge in [0.1, 0.15) is 22.7 Å². The van der Waals surface area contributed by atoms with E-state index in [-0.39, 0.29) is 0 Å². The van der Waals surface area contributed by atoms with Gasteiger partial charge in [-0.2, -0.15) is 4.57 Å². The maximum absolute atomic E-state index is 5.72. The summed E-state index contributed by atoms with van der Waals surface area (Å²) in [6, 6.07) is 12.8. The van der Waals surface area contributed by atoms with Crippen molar-refractivity contribution in [2.45, 2.75) is 52.5 Å². The summed E-state index contributed by atoms with van der Waals surface area (Å²) >= 11 is 3.66. The normalized spacial score (nSPS) is 14.9. The standard InChI is InChI=1S/C27H33N2O2S2/c1-6-19(15-26-28(7-2)22-13-11-20(30-9-4)17-24(22)32-26)16-27-29(8-3)23-14-12-21(31-10-5)18-25(23)33-27/h11-18H,6-10H2,1-5H3/q+1. The molecule has 174 valence electrons. The maximum Gasteiger partial charge on any atom is 0.263 e. The Bertz CT molecular complexity index is 1200. The van der Waals surface area contributed by atoms with E-state index in [2.05, 4.69) is 78.8 Å². The smallest absolute Gasteiger partial charge is 0.263 e. The molecule has 0 saturated carbocycles. The molecule has 0 saturated heterocycles. The first-order valence-corrected chi connectivity index (χ1v) is 13.5. The van der Waals surface area contributed by atoms with Crippen LogP contribution in [0.3, 0.4) is 0 Å². The number of hydrogen-bond donors (Lipinski definition) is 0. The van der Waals surface area contributed by atoms with E-state index in [4.69, 9.17) is 9.47 Å². The number of hydrogen-bond acceptors (Lipinski definition) is 5. The lowest BCUT2D eigenvalue weighted by Crippen LogP contribution is -2.33. The number of aromatic nitrogens is 1. The molecule has 0 N–H and O–H groups in total. The van der Waals surface area contributed by atoms with Gasteiger partial charge in [-0.1, -0.05) is 30.0 Å². The Labute approximate surface area is 205 Å². The van der Waals surface area contributed by atoms with Crippen molar-refractivity contribution < 1.29 is 14.0 Å². The minimum absolute atomic E-state index is 0.686. The molecule has 6 heteroatoms. The third-order valence-corrected chi connectivity index (χ3v) is 7.87. The van der Waals surface area contributed by atoms with Gasteiger partial charge < -0.3 is 14.4 Å². The Morgan fingerprint density at radius 1 is 0.970 bits per heavy atom. The predicted octanol–water partition coefficient (Wildman–Crippen LogP) is 7.27. The van der Waals surface area contributed by atoms with E-state index in [0.717, 1.165) is 31.0 Å². The van der Waals surface area contributed by atoms with Crippen LogP contribution in [0.4, 0.5) is 5.69 Å². The number of fused-ring (bicyclic) bond motifs is 2. The first-order valence-electron chi connectivity index (χ1n) is 11.8. The van der Waals surface area contributed by atoms with E-state index in [0.29, 0.717) is 13.2 Å². The molecule has 4 rings (SSSR count). The fraction of sp³-hybridized carbons (Fsp3) is 0.370.